The summed E-state index contributed by atoms with van der Waals surface area (Å²) in [4.78, 5) is 36.2. The lowest BCUT2D eigenvalue weighted by Gasteiger charge is -2.08. The van der Waals surface area contributed by atoms with Gasteiger partial charge in [-0.3, -0.25) is 14.6 Å². The number of rotatable bonds is 5. The molecule has 1 heterocycles. The number of anilines is 1. The van der Waals surface area contributed by atoms with Gasteiger partial charge in [-0.2, -0.15) is 5.10 Å². The SMILES string of the molecule is CC(C)c1ccc(NC(=O)CCc2n[nH]c(=O)[nH]c2=O)cc1. The Bertz CT molecular complexity index is 759. The molecule has 0 aliphatic heterocycles. The quantitative estimate of drug-likeness (QED) is 0.770. The van der Waals surface area contributed by atoms with Crippen molar-refractivity contribution in [3.63, 3.8) is 0 Å². The van der Waals surface area contributed by atoms with Gasteiger partial charge in [-0.1, -0.05) is 26.0 Å². The third kappa shape index (κ3) is 4.15. The number of amides is 1. The molecule has 0 saturated carbocycles. The minimum absolute atomic E-state index is 0.105. The van der Waals surface area contributed by atoms with Gasteiger partial charge in [-0.05, 0) is 23.6 Å². The third-order valence-electron chi connectivity index (χ3n) is 3.23. The molecule has 22 heavy (non-hydrogen) atoms. The van der Waals surface area contributed by atoms with Crippen molar-refractivity contribution in [3.8, 4) is 0 Å². The number of benzene rings is 1. The fourth-order valence-electron chi connectivity index (χ4n) is 1.95. The Balaban J connectivity index is 1.92. The lowest BCUT2D eigenvalue weighted by Crippen LogP contribution is -2.28. The van der Waals surface area contributed by atoms with E-state index in [-0.39, 0.29) is 24.4 Å². The molecule has 1 aromatic heterocycles. The highest BCUT2D eigenvalue weighted by atomic mass is 16.2. The first-order valence-electron chi connectivity index (χ1n) is 7.03. The summed E-state index contributed by atoms with van der Waals surface area (Å²) in [6.07, 6.45) is 0.260. The Kier molecular flexibility index (Phi) is 4.88. The van der Waals surface area contributed by atoms with Crippen LogP contribution >= 0.6 is 0 Å². The molecular formula is C15H18N4O3. The summed E-state index contributed by atoms with van der Waals surface area (Å²) in [6, 6.07) is 7.62. The lowest BCUT2D eigenvalue weighted by molar-refractivity contribution is -0.116. The van der Waals surface area contributed by atoms with Crippen LogP contribution in [0, 0.1) is 0 Å². The van der Waals surface area contributed by atoms with Crippen LogP contribution in [0.25, 0.3) is 0 Å². The topological polar surface area (TPSA) is 108 Å². The zero-order chi connectivity index (χ0) is 16.1. The lowest BCUT2D eigenvalue weighted by atomic mass is 10.0. The Labute approximate surface area is 126 Å². The zero-order valence-electron chi connectivity index (χ0n) is 12.5. The molecule has 0 saturated heterocycles. The van der Waals surface area contributed by atoms with Gasteiger partial charge in [0.2, 0.25) is 5.91 Å². The Morgan fingerprint density at radius 3 is 2.50 bits per heavy atom. The summed E-state index contributed by atoms with van der Waals surface area (Å²) in [5, 5.41) is 8.52. The van der Waals surface area contributed by atoms with E-state index in [9.17, 15) is 14.4 Å². The van der Waals surface area contributed by atoms with Crippen LogP contribution in [0.5, 0.6) is 0 Å². The van der Waals surface area contributed by atoms with Gasteiger partial charge in [0.15, 0.2) is 0 Å². The van der Waals surface area contributed by atoms with E-state index in [1.165, 1.54) is 5.56 Å². The van der Waals surface area contributed by atoms with Crippen LogP contribution < -0.4 is 16.6 Å². The minimum atomic E-state index is -0.663. The van der Waals surface area contributed by atoms with Crippen LogP contribution in [0.1, 0.15) is 37.4 Å². The maximum absolute atomic E-state index is 11.9. The Morgan fingerprint density at radius 2 is 1.91 bits per heavy atom. The van der Waals surface area contributed by atoms with Crippen molar-refractivity contribution in [2.45, 2.75) is 32.6 Å². The molecule has 7 heteroatoms. The number of aryl methyl sites for hydroxylation is 1. The van der Waals surface area contributed by atoms with Crippen LogP contribution in [0.15, 0.2) is 33.9 Å². The number of nitrogens with zero attached hydrogens (tertiary/aromatic N) is 1. The second-order valence-corrected chi connectivity index (χ2v) is 5.28. The largest absolute Gasteiger partial charge is 0.342 e. The van der Waals surface area contributed by atoms with Crippen molar-refractivity contribution < 1.29 is 4.79 Å². The highest BCUT2D eigenvalue weighted by Gasteiger charge is 2.08. The third-order valence-corrected chi connectivity index (χ3v) is 3.23. The molecule has 1 aromatic carbocycles. The number of carbonyl (C=O) groups excluding carboxylic acids is 1. The van der Waals surface area contributed by atoms with Crippen molar-refractivity contribution in [1.29, 1.82) is 0 Å². The van der Waals surface area contributed by atoms with Crippen LogP contribution in [0.4, 0.5) is 5.69 Å². The van der Waals surface area contributed by atoms with E-state index < -0.39 is 11.2 Å². The Morgan fingerprint density at radius 1 is 1.23 bits per heavy atom. The van der Waals surface area contributed by atoms with Crippen molar-refractivity contribution >= 4 is 11.6 Å². The normalized spacial score (nSPS) is 10.7. The average molecular weight is 302 g/mol. The first-order valence-corrected chi connectivity index (χ1v) is 7.03. The Hall–Kier alpha value is -2.70. The molecule has 3 N–H and O–H groups in total. The molecular weight excluding hydrogens is 284 g/mol. The molecule has 116 valence electrons. The van der Waals surface area contributed by atoms with E-state index in [2.05, 4.69) is 34.3 Å². The maximum Gasteiger partial charge on any atom is 0.342 e. The molecule has 0 unspecified atom stereocenters. The highest BCUT2D eigenvalue weighted by molar-refractivity contribution is 5.90. The van der Waals surface area contributed by atoms with Gasteiger partial charge < -0.3 is 5.32 Å². The van der Waals surface area contributed by atoms with Gasteiger partial charge in [-0.15, -0.1) is 0 Å². The molecule has 7 nitrogen and oxygen atoms in total. The van der Waals surface area contributed by atoms with Crippen molar-refractivity contribution in [3.05, 3.63) is 56.4 Å². The molecule has 0 atom stereocenters. The molecule has 2 aromatic rings. The summed E-state index contributed by atoms with van der Waals surface area (Å²) >= 11 is 0. The molecule has 0 aliphatic carbocycles. The van der Waals surface area contributed by atoms with E-state index in [1.54, 1.807) is 0 Å². The molecule has 0 fully saturated rings. The number of aromatic nitrogens is 3. The number of H-pyrrole nitrogens is 2. The van der Waals surface area contributed by atoms with Crippen molar-refractivity contribution in [1.82, 2.24) is 15.2 Å². The minimum Gasteiger partial charge on any atom is -0.326 e. The number of hydrogen-bond acceptors (Lipinski definition) is 4. The fourth-order valence-corrected chi connectivity index (χ4v) is 1.95. The maximum atomic E-state index is 11.9. The number of nitrogens with one attached hydrogen (secondary N) is 3. The summed E-state index contributed by atoms with van der Waals surface area (Å²) in [6.45, 7) is 4.20. The van der Waals surface area contributed by atoms with Gasteiger partial charge >= 0.3 is 5.69 Å². The van der Waals surface area contributed by atoms with E-state index >= 15 is 0 Å². The van der Waals surface area contributed by atoms with E-state index in [1.807, 2.05) is 24.3 Å². The first kappa shape index (κ1) is 15.7. The summed E-state index contributed by atoms with van der Waals surface area (Å²) in [5.41, 5.74) is 0.797. The number of aromatic amines is 2. The van der Waals surface area contributed by atoms with Gasteiger partial charge in [0.05, 0.1) is 0 Å². The zero-order valence-corrected chi connectivity index (χ0v) is 12.5. The van der Waals surface area contributed by atoms with Gasteiger partial charge in [-0.25, -0.2) is 9.89 Å². The van der Waals surface area contributed by atoms with E-state index in [4.69, 9.17) is 0 Å². The summed E-state index contributed by atoms with van der Waals surface area (Å²) in [5.74, 6) is 0.215. The molecule has 0 spiro atoms. The average Bonchev–Trinajstić information content (AvgIpc) is 2.47. The van der Waals surface area contributed by atoms with Crippen LogP contribution in [0.3, 0.4) is 0 Å². The van der Waals surface area contributed by atoms with Crippen LogP contribution in [-0.4, -0.2) is 21.1 Å². The second kappa shape index (κ2) is 6.84. The smallest absolute Gasteiger partial charge is 0.326 e. The van der Waals surface area contributed by atoms with Crippen molar-refractivity contribution in [2.24, 2.45) is 0 Å². The predicted molar refractivity (Wildman–Crippen MR) is 83.0 cm³/mol. The predicted octanol–water partition coefficient (Wildman–Crippen LogP) is 1.15. The van der Waals surface area contributed by atoms with E-state index in [0.717, 1.165) is 0 Å². The molecule has 0 radical (unpaired) electrons. The van der Waals surface area contributed by atoms with Crippen LogP contribution in [0.2, 0.25) is 0 Å². The summed E-state index contributed by atoms with van der Waals surface area (Å²) < 4.78 is 0. The van der Waals surface area contributed by atoms with Crippen LogP contribution in [-0.2, 0) is 11.2 Å². The van der Waals surface area contributed by atoms with Gasteiger partial charge in [0.1, 0.15) is 5.69 Å². The highest BCUT2D eigenvalue weighted by Crippen LogP contribution is 2.17. The van der Waals surface area contributed by atoms with E-state index in [0.29, 0.717) is 11.6 Å². The van der Waals surface area contributed by atoms with Gasteiger partial charge in [0.25, 0.3) is 5.56 Å². The molecule has 0 aliphatic rings. The van der Waals surface area contributed by atoms with Crippen molar-refractivity contribution in [2.75, 3.05) is 5.32 Å². The second-order valence-electron chi connectivity index (χ2n) is 5.28. The molecule has 0 bridgehead atoms. The number of carbonyl (C=O) groups is 1. The van der Waals surface area contributed by atoms with Gasteiger partial charge in [0, 0.05) is 18.5 Å². The first-order chi connectivity index (χ1) is 10.5. The fraction of sp³-hybridized carbons (Fsp3) is 0.333. The molecule has 1 amide bonds. The number of hydrogen-bond donors (Lipinski definition) is 3. The molecule has 2 rings (SSSR count). The monoisotopic (exact) mass is 302 g/mol. The standard InChI is InChI=1S/C15H18N4O3/c1-9(2)10-3-5-11(6-4-10)16-13(20)8-7-12-14(21)17-15(22)19-18-12/h3-6,9H,7-8H2,1-2H3,(H,16,20)(H2,17,19,21,22). The summed E-state index contributed by atoms with van der Waals surface area (Å²) in [7, 11) is 0.